The SMILES string of the molecule is c1cc(C2C3CC4CC(C3)CC2(c2ccc(OCC3CO3)cc2)C4)ccc1OCC1CO1. The molecule has 0 aromatic heterocycles. The molecule has 4 nitrogen and oxygen atoms in total. The van der Waals surface area contributed by atoms with Crippen molar-refractivity contribution in [3.8, 4) is 11.5 Å². The third-order valence-electron chi connectivity index (χ3n) is 8.66. The summed E-state index contributed by atoms with van der Waals surface area (Å²) in [5.74, 6) is 5.12. The van der Waals surface area contributed by atoms with Gasteiger partial charge in [-0.25, -0.2) is 0 Å². The van der Waals surface area contributed by atoms with Crippen LogP contribution in [0.2, 0.25) is 0 Å². The predicted molar refractivity (Wildman–Crippen MR) is 121 cm³/mol. The van der Waals surface area contributed by atoms with E-state index in [0.717, 1.165) is 42.5 Å². The Morgan fingerprint density at radius 1 is 0.719 bits per heavy atom. The molecule has 4 saturated carbocycles. The molecule has 4 bridgehead atoms. The van der Waals surface area contributed by atoms with Gasteiger partial charge < -0.3 is 18.9 Å². The molecular weight excluding hydrogens is 400 g/mol. The molecule has 4 aliphatic carbocycles. The van der Waals surface area contributed by atoms with Crippen LogP contribution in [0.15, 0.2) is 48.5 Å². The average molecular weight is 433 g/mol. The molecule has 2 saturated heterocycles. The van der Waals surface area contributed by atoms with Gasteiger partial charge in [0.1, 0.15) is 36.9 Å². The third kappa shape index (κ3) is 3.52. The lowest BCUT2D eigenvalue weighted by atomic mass is 9.42. The van der Waals surface area contributed by atoms with E-state index in [1.165, 1.54) is 43.2 Å². The van der Waals surface area contributed by atoms with Crippen molar-refractivity contribution in [1.82, 2.24) is 0 Å². The number of benzene rings is 2. The minimum atomic E-state index is 0.261. The lowest BCUT2D eigenvalue weighted by Crippen LogP contribution is -2.53. The van der Waals surface area contributed by atoms with Crippen molar-refractivity contribution in [1.29, 1.82) is 0 Å². The van der Waals surface area contributed by atoms with E-state index < -0.39 is 0 Å². The molecule has 0 amide bonds. The van der Waals surface area contributed by atoms with Gasteiger partial charge in [0.05, 0.1) is 13.2 Å². The summed E-state index contributed by atoms with van der Waals surface area (Å²) in [7, 11) is 0. The highest BCUT2D eigenvalue weighted by Crippen LogP contribution is 2.66. The van der Waals surface area contributed by atoms with Gasteiger partial charge in [-0.05, 0) is 91.2 Å². The van der Waals surface area contributed by atoms with Crippen LogP contribution in [0.4, 0.5) is 0 Å². The molecule has 5 unspecified atom stereocenters. The summed E-state index contributed by atoms with van der Waals surface area (Å²) < 4.78 is 22.4. The van der Waals surface area contributed by atoms with Gasteiger partial charge in [0.2, 0.25) is 0 Å². The van der Waals surface area contributed by atoms with Gasteiger partial charge in [0.25, 0.3) is 0 Å². The minimum absolute atomic E-state index is 0.261. The Morgan fingerprint density at radius 2 is 1.25 bits per heavy atom. The van der Waals surface area contributed by atoms with Crippen molar-refractivity contribution in [3.63, 3.8) is 0 Å². The van der Waals surface area contributed by atoms with Gasteiger partial charge in [-0.2, -0.15) is 0 Å². The van der Waals surface area contributed by atoms with Crippen molar-refractivity contribution in [3.05, 3.63) is 59.7 Å². The standard InChI is InChI=1S/C28H32O4/c1-5-23(29-14-25-16-31-25)6-2-20(1)27-21-10-18-9-19(11-21)13-28(27,12-18)22-3-7-24(8-4-22)30-15-26-17-32-26/h1-8,18-19,21,25-27H,9-17H2. The number of rotatable bonds is 8. The summed E-state index contributed by atoms with van der Waals surface area (Å²) in [4.78, 5) is 0. The maximum absolute atomic E-state index is 5.92. The van der Waals surface area contributed by atoms with Gasteiger partial charge in [0.15, 0.2) is 0 Å². The highest BCUT2D eigenvalue weighted by atomic mass is 16.6. The Balaban J connectivity index is 1.17. The smallest absolute Gasteiger partial charge is 0.119 e. The quantitative estimate of drug-likeness (QED) is 0.544. The molecule has 168 valence electrons. The van der Waals surface area contributed by atoms with Crippen LogP contribution >= 0.6 is 0 Å². The summed E-state index contributed by atoms with van der Waals surface area (Å²) in [6.07, 6.45) is 7.52. The van der Waals surface area contributed by atoms with E-state index in [0.29, 0.717) is 31.3 Å². The van der Waals surface area contributed by atoms with Crippen LogP contribution in [0.25, 0.3) is 0 Å². The maximum Gasteiger partial charge on any atom is 0.119 e. The Morgan fingerprint density at radius 3 is 1.78 bits per heavy atom. The first kappa shape index (κ1) is 19.4. The lowest BCUT2D eigenvalue weighted by molar-refractivity contribution is -0.0280. The van der Waals surface area contributed by atoms with Gasteiger partial charge in [-0.15, -0.1) is 0 Å². The second-order valence-electron chi connectivity index (χ2n) is 10.9. The van der Waals surface area contributed by atoms with Crippen LogP contribution < -0.4 is 9.47 Å². The average Bonchev–Trinajstić information content (AvgIpc) is 3.72. The molecule has 2 heterocycles. The Kier molecular flexibility index (Phi) is 4.55. The number of epoxide rings is 2. The van der Waals surface area contributed by atoms with Gasteiger partial charge >= 0.3 is 0 Å². The van der Waals surface area contributed by atoms with Gasteiger partial charge in [-0.3, -0.25) is 0 Å². The Bertz CT molecular complexity index is 946. The van der Waals surface area contributed by atoms with Gasteiger partial charge in [-0.1, -0.05) is 24.3 Å². The van der Waals surface area contributed by atoms with E-state index in [1.54, 1.807) is 0 Å². The molecule has 5 atom stereocenters. The zero-order valence-electron chi connectivity index (χ0n) is 18.6. The molecular formula is C28H32O4. The van der Waals surface area contributed by atoms with E-state index >= 15 is 0 Å². The minimum Gasteiger partial charge on any atom is -0.491 e. The fourth-order valence-corrected chi connectivity index (χ4v) is 7.41. The zero-order valence-corrected chi connectivity index (χ0v) is 18.6. The first-order valence-corrected chi connectivity index (χ1v) is 12.4. The zero-order chi connectivity index (χ0) is 21.1. The van der Waals surface area contributed by atoms with E-state index in [4.69, 9.17) is 18.9 Å². The van der Waals surface area contributed by atoms with Crippen LogP contribution in [-0.4, -0.2) is 38.6 Å². The van der Waals surface area contributed by atoms with E-state index in [9.17, 15) is 0 Å². The molecule has 32 heavy (non-hydrogen) atoms. The van der Waals surface area contributed by atoms with Crippen LogP contribution in [0, 0.1) is 17.8 Å². The lowest BCUT2D eigenvalue weighted by Gasteiger charge is -2.62. The molecule has 6 aliphatic rings. The van der Waals surface area contributed by atoms with E-state index in [2.05, 4.69) is 48.5 Å². The summed E-state index contributed by atoms with van der Waals surface area (Å²) in [5, 5.41) is 0. The van der Waals surface area contributed by atoms with Crippen LogP contribution in [-0.2, 0) is 14.9 Å². The molecule has 0 radical (unpaired) electrons. The largest absolute Gasteiger partial charge is 0.491 e. The highest BCUT2D eigenvalue weighted by molar-refractivity contribution is 5.42. The van der Waals surface area contributed by atoms with Gasteiger partial charge in [0, 0.05) is 5.41 Å². The number of ether oxygens (including phenoxy) is 4. The first-order valence-electron chi connectivity index (χ1n) is 12.4. The first-order chi connectivity index (χ1) is 15.7. The monoisotopic (exact) mass is 432 g/mol. The second-order valence-corrected chi connectivity index (χ2v) is 10.9. The van der Waals surface area contributed by atoms with Crippen molar-refractivity contribution < 1.29 is 18.9 Å². The van der Waals surface area contributed by atoms with E-state index in [-0.39, 0.29) is 5.41 Å². The normalized spacial score (nSPS) is 38.5. The predicted octanol–water partition coefficient (Wildman–Crippen LogP) is 5.10. The molecule has 2 aliphatic heterocycles. The maximum atomic E-state index is 5.92. The summed E-state index contributed by atoms with van der Waals surface area (Å²) >= 11 is 0. The van der Waals surface area contributed by atoms with Crippen LogP contribution in [0.3, 0.4) is 0 Å². The van der Waals surface area contributed by atoms with Crippen molar-refractivity contribution in [2.24, 2.45) is 17.8 Å². The number of hydrogen-bond donors (Lipinski definition) is 0. The van der Waals surface area contributed by atoms with Crippen LogP contribution in [0.1, 0.15) is 49.1 Å². The number of hydrogen-bond acceptors (Lipinski definition) is 4. The fraction of sp³-hybridized carbons (Fsp3) is 0.571. The Labute approximate surface area is 190 Å². The highest BCUT2D eigenvalue weighted by Gasteiger charge is 2.57. The van der Waals surface area contributed by atoms with E-state index in [1.807, 2.05) is 0 Å². The summed E-state index contributed by atoms with van der Waals surface area (Å²) in [5.41, 5.74) is 3.27. The molecule has 2 aromatic rings. The second kappa shape index (κ2) is 7.50. The molecule has 0 spiro atoms. The third-order valence-corrected chi connectivity index (χ3v) is 8.66. The fourth-order valence-electron chi connectivity index (χ4n) is 7.41. The Hall–Kier alpha value is -2.04. The van der Waals surface area contributed by atoms with Crippen LogP contribution in [0.5, 0.6) is 11.5 Å². The topological polar surface area (TPSA) is 43.5 Å². The molecule has 2 aromatic carbocycles. The van der Waals surface area contributed by atoms with Crippen molar-refractivity contribution in [2.45, 2.75) is 55.6 Å². The molecule has 8 rings (SSSR count). The van der Waals surface area contributed by atoms with Crippen molar-refractivity contribution in [2.75, 3.05) is 26.4 Å². The molecule has 0 N–H and O–H groups in total. The summed E-state index contributed by atoms with van der Waals surface area (Å²) in [6.45, 7) is 3.01. The van der Waals surface area contributed by atoms with Crippen molar-refractivity contribution >= 4 is 0 Å². The molecule has 6 fully saturated rings. The molecule has 4 heteroatoms. The summed E-state index contributed by atoms with van der Waals surface area (Å²) in [6, 6.07) is 18.1.